The zero-order valence-corrected chi connectivity index (χ0v) is 14.3. The number of halogens is 3. The van der Waals surface area contributed by atoms with Crippen LogP contribution in [0.15, 0.2) is 11.6 Å². The third-order valence-electron chi connectivity index (χ3n) is 2.42. The van der Waals surface area contributed by atoms with Crippen molar-refractivity contribution in [2.45, 2.75) is 50.0 Å². The van der Waals surface area contributed by atoms with Gasteiger partial charge in [0, 0.05) is 12.0 Å². The van der Waals surface area contributed by atoms with Crippen LogP contribution in [0.25, 0.3) is 0 Å². The fraction of sp³-hybridized carbons (Fsp3) is 0.727. The number of rotatable bonds is 7. The van der Waals surface area contributed by atoms with E-state index in [0.29, 0.717) is 6.08 Å². The van der Waals surface area contributed by atoms with Gasteiger partial charge in [-0.2, -0.15) is 13.2 Å². The van der Waals surface area contributed by atoms with Crippen LogP contribution in [0.4, 0.5) is 13.2 Å². The van der Waals surface area contributed by atoms with Gasteiger partial charge in [-0.3, -0.25) is 0 Å². The second-order valence-corrected chi connectivity index (χ2v) is 12.2. The number of sulfone groups is 1. The van der Waals surface area contributed by atoms with Crippen molar-refractivity contribution in [1.29, 1.82) is 0 Å². The molecular weight excluding hydrogens is 345 g/mol. The van der Waals surface area contributed by atoms with Gasteiger partial charge >= 0.3 is 11.5 Å². The van der Waals surface area contributed by atoms with Crippen molar-refractivity contribution >= 4 is 24.1 Å². The maximum atomic E-state index is 12.6. The Labute approximate surface area is 127 Å². The normalized spacial score (nSPS) is 17.2. The highest BCUT2D eigenvalue weighted by Crippen LogP contribution is 2.31. The molecule has 0 saturated heterocycles. The van der Waals surface area contributed by atoms with Gasteiger partial charge in [-0.05, 0) is 26.6 Å². The fourth-order valence-corrected chi connectivity index (χ4v) is 3.52. The highest BCUT2D eigenvalue weighted by molar-refractivity contribution is 7.93. The molecule has 11 heteroatoms. The highest BCUT2D eigenvalue weighted by Gasteiger charge is 2.50. The van der Waals surface area contributed by atoms with E-state index in [9.17, 15) is 31.5 Å². The molecule has 2 atom stereocenters. The van der Waals surface area contributed by atoms with Crippen molar-refractivity contribution < 1.29 is 41.0 Å². The molecule has 22 heavy (non-hydrogen) atoms. The first-order chi connectivity index (χ1) is 9.58. The molecule has 130 valence electrons. The van der Waals surface area contributed by atoms with E-state index in [1.54, 1.807) is 19.6 Å². The number of aliphatic carboxylic acids is 1. The van der Waals surface area contributed by atoms with Gasteiger partial charge in [0.05, 0.1) is 5.25 Å². The molecule has 0 aromatic heterocycles. The van der Waals surface area contributed by atoms with E-state index in [1.807, 2.05) is 0 Å². The molecule has 0 aromatic rings. The van der Waals surface area contributed by atoms with E-state index in [-0.39, 0.29) is 0 Å². The standard InChI is InChI=1S/C11H19F3O6SSi/c1-7(10(16)17)5-8(21(18,19)11(12,13)14)6-9(15)20-22(2,3)4/h5,8-9,15H,6H2,1-4H3,(H,16,17). The number of carboxylic acids is 1. The van der Waals surface area contributed by atoms with Crippen LogP contribution in [-0.2, 0) is 19.1 Å². The first-order valence-corrected chi connectivity index (χ1v) is 11.1. The topological polar surface area (TPSA) is 101 Å². The quantitative estimate of drug-likeness (QED) is 0.406. The lowest BCUT2D eigenvalue weighted by Gasteiger charge is -2.25. The zero-order valence-electron chi connectivity index (χ0n) is 12.5. The molecule has 0 aromatic carbocycles. The summed E-state index contributed by atoms with van der Waals surface area (Å²) in [6, 6.07) is 0. The monoisotopic (exact) mass is 364 g/mol. The van der Waals surface area contributed by atoms with Gasteiger partial charge in [-0.1, -0.05) is 6.08 Å². The Kier molecular flexibility index (Phi) is 6.81. The van der Waals surface area contributed by atoms with E-state index in [0.717, 1.165) is 6.92 Å². The van der Waals surface area contributed by atoms with Gasteiger partial charge < -0.3 is 14.6 Å². The molecule has 0 radical (unpaired) electrons. The summed E-state index contributed by atoms with van der Waals surface area (Å²) in [4.78, 5) is 10.7. The molecule has 0 heterocycles. The lowest BCUT2D eigenvalue weighted by Crippen LogP contribution is -2.39. The van der Waals surface area contributed by atoms with Crippen LogP contribution >= 0.6 is 0 Å². The molecule has 0 aliphatic rings. The Hall–Kier alpha value is -0.913. The third kappa shape index (κ3) is 6.46. The molecule has 0 aliphatic carbocycles. The largest absolute Gasteiger partial charge is 0.497 e. The van der Waals surface area contributed by atoms with Crippen molar-refractivity contribution in [1.82, 2.24) is 0 Å². The SMILES string of the molecule is CC(=CC(CC(O)O[Si](C)(C)C)S(=O)(=O)C(F)(F)F)C(=O)O. The molecular formula is C11H19F3O6SSi. The van der Waals surface area contributed by atoms with E-state index in [2.05, 4.69) is 0 Å². The van der Waals surface area contributed by atoms with Gasteiger partial charge in [0.25, 0.3) is 9.84 Å². The average molecular weight is 364 g/mol. The van der Waals surface area contributed by atoms with E-state index < -0.39 is 53.2 Å². The summed E-state index contributed by atoms with van der Waals surface area (Å²) in [7, 11) is -8.00. The number of aliphatic hydroxyl groups excluding tert-OH is 1. The Morgan fingerprint density at radius 1 is 1.32 bits per heavy atom. The molecule has 0 aliphatic heterocycles. The first kappa shape index (κ1) is 21.1. The fourth-order valence-electron chi connectivity index (χ4n) is 1.46. The predicted molar refractivity (Wildman–Crippen MR) is 75.2 cm³/mol. The van der Waals surface area contributed by atoms with E-state index in [4.69, 9.17) is 9.53 Å². The third-order valence-corrected chi connectivity index (χ3v) is 5.17. The Morgan fingerprint density at radius 3 is 2.09 bits per heavy atom. The molecule has 0 bridgehead atoms. The zero-order chi connectivity index (χ0) is 17.9. The molecule has 2 N–H and O–H groups in total. The summed E-state index contributed by atoms with van der Waals surface area (Å²) < 4.78 is 66.0. The average Bonchev–Trinajstić information content (AvgIpc) is 2.23. The molecule has 0 fully saturated rings. The van der Waals surface area contributed by atoms with Crippen molar-refractivity contribution in [3.8, 4) is 0 Å². The smallest absolute Gasteiger partial charge is 0.478 e. The first-order valence-electron chi connectivity index (χ1n) is 6.15. The Morgan fingerprint density at radius 2 is 1.77 bits per heavy atom. The number of carboxylic acid groups (broad SMARTS) is 1. The number of hydrogen-bond donors (Lipinski definition) is 2. The minimum Gasteiger partial charge on any atom is -0.478 e. The molecule has 0 spiro atoms. The highest BCUT2D eigenvalue weighted by atomic mass is 32.2. The molecule has 0 amide bonds. The van der Waals surface area contributed by atoms with E-state index in [1.165, 1.54) is 0 Å². The van der Waals surface area contributed by atoms with Gasteiger partial charge in [0.1, 0.15) is 6.29 Å². The number of carbonyl (C=O) groups is 1. The lowest BCUT2D eigenvalue weighted by atomic mass is 10.2. The van der Waals surface area contributed by atoms with Gasteiger partial charge in [-0.25, -0.2) is 13.2 Å². The second kappa shape index (κ2) is 7.11. The summed E-state index contributed by atoms with van der Waals surface area (Å²) in [6.45, 7) is 5.93. The minimum atomic E-state index is -5.68. The maximum Gasteiger partial charge on any atom is 0.497 e. The van der Waals surface area contributed by atoms with Gasteiger partial charge in [-0.15, -0.1) is 0 Å². The molecule has 0 saturated carbocycles. The summed E-state index contributed by atoms with van der Waals surface area (Å²) in [5.41, 5.74) is -6.13. The van der Waals surface area contributed by atoms with Crippen LogP contribution in [-0.4, -0.2) is 50.0 Å². The summed E-state index contributed by atoms with van der Waals surface area (Å²) in [5.74, 6) is -1.55. The van der Waals surface area contributed by atoms with Crippen molar-refractivity contribution in [2.24, 2.45) is 0 Å². The molecule has 2 unspecified atom stereocenters. The molecule has 0 rings (SSSR count). The Bertz CT molecular complexity index is 535. The van der Waals surface area contributed by atoms with Gasteiger partial charge in [0.15, 0.2) is 8.32 Å². The van der Waals surface area contributed by atoms with Crippen LogP contribution in [0.5, 0.6) is 0 Å². The maximum absolute atomic E-state index is 12.6. The van der Waals surface area contributed by atoms with Crippen LogP contribution < -0.4 is 0 Å². The summed E-state index contributed by atoms with van der Waals surface area (Å²) in [5, 5.41) is 16.1. The number of alkyl halides is 3. The van der Waals surface area contributed by atoms with Crippen LogP contribution in [0.3, 0.4) is 0 Å². The van der Waals surface area contributed by atoms with Crippen LogP contribution in [0, 0.1) is 0 Å². The minimum absolute atomic E-state index is 0.460. The van der Waals surface area contributed by atoms with Crippen LogP contribution in [0.1, 0.15) is 13.3 Å². The second-order valence-electron chi connectivity index (χ2n) is 5.60. The molecule has 6 nitrogen and oxygen atoms in total. The Balaban J connectivity index is 5.57. The number of hydrogen-bond acceptors (Lipinski definition) is 5. The number of aliphatic hydroxyl groups is 1. The summed E-state index contributed by atoms with van der Waals surface area (Å²) >= 11 is 0. The van der Waals surface area contributed by atoms with Crippen LogP contribution in [0.2, 0.25) is 19.6 Å². The predicted octanol–water partition coefficient (Wildman–Crippen LogP) is 1.88. The van der Waals surface area contributed by atoms with Crippen molar-refractivity contribution in [3.63, 3.8) is 0 Å². The summed E-state index contributed by atoms with van der Waals surface area (Å²) in [6.07, 6.45) is -2.19. The van der Waals surface area contributed by atoms with Crippen molar-refractivity contribution in [2.75, 3.05) is 0 Å². The lowest BCUT2D eigenvalue weighted by molar-refractivity contribution is -0.132. The van der Waals surface area contributed by atoms with E-state index >= 15 is 0 Å². The van der Waals surface area contributed by atoms with Crippen molar-refractivity contribution in [3.05, 3.63) is 11.6 Å². The van der Waals surface area contributed by atoms with Gasteiger partial charge in [0.2, 0.25) is 0 Å².